The maximum Gasteiger partial charge on any atom is 0.283 e. The molecule has 1 aliphatic rings. The highest BCUT2D eigenvalue weighted by Crippen LogP contribution is 2.30. The number of likely N-dealkylation sites (N-methyl/N-ethyl adjacent to an activating group) is 1. The van der Waals surface area contributed by atoms with Crippen molar-refractivity contribution in [2.45, 2.75) is 0 Å². The Balaban J connectivity index is 2.42. The largest absolute Gasteiger partial charge is 0.372 e. The van der Waals surface area contributed by atoms with Gasteiger partial charge >= 0.3 is 0 Å². The van der Waals surface area contributed by atoms with Crippen molar-refractivity contribution in [1.82, 2.24) is 4.90 Å². The number of anilines is 1. The van der Waals surface area contributed by atoms with Crippen molar-refractivity contribution >= 4 is 40.7 Å². The molecule has 2 amide bonds. The van der Waals surface area contributed by atoms with E-state index >= 15 is 0 Å². The van der Waals surface area contributed by atoms with Gasteiger partial charge in [0.2, 0.25) is 0 Å². The maximum atomic E-state index is 12.1. The van der Waals surface area contributed by atoms with Gasteiger partial charge in [-0.15, -0.1) is 0 Å². The first kappa shape index (κ1) is 12.9. The third-order valence-corrected chi connectivity index (χ3v) is 3.13. The summed E-state index contributed by atoms with van der Waals surface area (Å²) in [5.41, 5.74) is 0.640. The molecule has 1 aliphatic heterocycles. The van der Waals surface area contributed by atoms with E-state index in [-0.39, 0.29) is 10.7 Å². The second kappa shape index (κ2) is 4.63. The highest BCUT2D eigenvalue weighted by atomic mass is 35.5. The molecule has 0 saturated heterocycles. The van der Waals surface area contributed by atoms with Crippen LogP contribution in [0, 0.1) is 0 Å². The van der Waals surface area contributed by atoms with Crippen molar-refractivity contribution < 1.29 is 9.59 Å². The molecule has 94 valence electrons. The Morgan fingerprint density at radius 2 is 1.56 bits per heavy atom. The molecule has 0 N–H and O–H groups in total. The van der Waals surface area contributed by atoms with Crippen LogP contribution in [-0.2, 0) is 9.59 Å². The van der Waals surface area contributed by atoms with Crippen LogP contribution < -0.4 is 4.90 Å². The quantitative estimate of drug-likeness (QED) is 0.782. The fourth-order valence-electron chi connectivity index (χ4n) is 1.70. The van der Waals surface area contributed by atoms with Gasteiger partial charge in [0.1, 0.15) is 10.7 Å². The highest BCUT2D eigenvalue weighted by molar-refractivity contribution is 6.52. The Kier molecular flexibility index (Phi) is 3.32. The van der Waals surface area contributed by atoms with Crippen LogP contribution in [0.15, 0.2) is 35.0 Å². The average molecular weight is 285 g/mol. The summed E-state index contributed by atoms with van der Waals surface area (Å²) in [5.74, 6) is -0.954. The number of carbonyl (C=O) groups is 2. The Morgan fingerprint density at radius 3 is 2.00 bits per heavy atom. The van der Waals surface area contributed by atoms with Crippen LogP contribution in [0.25, 0.3) is 0 Å². The van der Waals surface area contributed by atoms with Crippen molar-refractivity contribution in [2.75, 3.05) is 19.0 Å². The summed E-state index contributed by atoms with van der Waals surface area (Å²) in [6.45, 7) is 0. The van der Waals surface area contributed by atoms with Gasteiger partial charge in [-0.3, -0.25) is 9.59 Å². The predicted octanol–water partition coefficient (Wildman–Crippen LogP) is 2.23. The summed E-state index contributed by atoms with van der Waals surface area (Å²) in [4.78, 5) is 26.7. The fraction of sp³-hybridized carbons (Fsp3) is 0.167. The van der Waals surface area contributed by atoms with E-state index in [0.717, 1.165) is 4.90 Å². The van der Waals surface area contributed by atoms with Crippen molar-refractivity contribution in [3.05, 3.63) is 40.0 Å². The van der Waals surface area contributed by atoms with Gasteiger partial charge in [0, 0.05) is 19.1 Å². The van der Waals surface area contributed by atoms with Crippen LogP contribution in [0.3, 0.4) is 0 Å². The Bertz CT molecular complexity index is 550. The Morgan fingerprint density at radius 1 is 1.00 bits per heavy atom. The lowest BCUT2D eigenvalue weighted by atomic mass is 10.3. The fourth-order valence-corrected chi connectivity index (χ4v) is 2.16. The summed E-state index contributed by atoms with van der Waals surface area (Å²) >= 11 is 11.7. The molecule has 0 bridgehead atoms. The lowest BCUT2D eigenvalue weighted by molar-refractivity contribution is -0.120. The molecule has 0 fully saturated rings. The topological polar surface area (TPSA) is 40.6 Å². The van der Waals surface area contributed by atoms with E-state index in [2.05, 4.69) is 0 Å². The van der Waals surface area contributed by atoms with Gasteiger partial charge in [-0.25, -0.2) is 4.90 Å². The van der Waals surface area contributed by atoms with E-state index < -0.39 is 11.8 Å². The number of carbonyl (C=O) groups excluding carboxylic acids is 2. The third-order valence-electron chi connectivity index (χ3n) is 2.54. The van der Waals surface area contributed by atoms with Crippen molar-refractivity contribution in [2.24, 2.45) is 0 Å². The van der Waals surface area contributed by atoms with E-state index in [4.69, 9.17) is 23.2 Å². The first-order valence-corrected chi connectivity index (χ1v) is 5.90. The molecular weight excluding hydrogens is 275 g/mol. The number of rotatable bonds is 2. The van der Waals surface area contributed by atoms with Gasteiger partial charge in [0.05, 0.1) is 5.69 Å². The summed E-state index contributed by atoms with van der Waals surface area (Å²) in [6.07, 6.45) is 0. The zero-order chi connectivity index (χ0) is 13.4. The Labute approximate surface area is 114 Å². The minimum Gasteiger partial charge on any atom is -0.372 e. The van der Waals surface area contributed by atoms with E-state index in [1.54, 1.807) is 38.4 Å². The van der Waals surface area contributed by atoms with E-state index in [1.165, 1.54) is 4.90 Å². The number of amides is 2. The normalized spacial score (nSPS) is 15.7. The third kappa shape index (κ3) is 1.98. The zero-order valence-electron chi connectivity index (χ0n) is 9.78. The van der Waals surface area contributed by atoms with Crippen molar-refractivity contribution in [3.63, 3.8) is 0 Å². The van der Waals surface area contributed by atoms with Gasteiger partial charge in [-0.2, -0.15) is 0 Å². The standard InChI is InChI=1S/C12H10Cl2N2O2/c1-15(2)10-9(14)11(17)16(12(10)18)8-5-3-7(13)4-6-8/h3-6H,1-2H3. The molecular formula is C12H10Cl2N2O2. The molecule has 2 rings (SSSR count). The lowest BCUT2D eigenvalue weighted by Crippen LogP contribution is -2.33. The van der Waals surface area contributed by atoms with Gasteiger partial charge in [-0.1, -0.05) is 23.2 Å². The van der Waals surface area contributed by atoms with Crippen LogP contribution >= 0.6 is 23.2 Å². The minimum atomic E-state index is -0.521. The van der Waals surface area contributed by atoms with E-state index in [0.29, 0.717) is 10.7 Å². The number of imide groups is 1. The van der Waals surface area contributed by atoms with Crippen LogP contribution in [0.4, 0.5) is 5.69 Å². The smallest absolute Gasteiger partial charge is 0.283 e. The number of hydrogen-bond acceptors (Lipinski definition) is 3. The molecule has 1 aromatic carbocycles. The van der Waals surface area contributed by atoms with Gasteiger partial charge in [0.25, 0.3) is 11.8 Å². The predicted molar refractivity (Wildman–Crippen MR) is 70.5 cm³/mol. The molecule has 0 saturated carbocycles. The molecule has 4 nitrogen and oxygen atoms in total. The van der Waals surface area contributed by atoms with Crippen LogP contribution in [-0.4, -0.2) is 30.8 Å². The first-order chi connectivity index (χ1) is 8.43. The van der Waals surface area contributed by atoms with Gasteiger partial charge in [0.15, 0.2) is 0 Å². The summed E-state index contributed by atoms with van der Waals surface area (Å²) in [5, 5.41) is 0.463. The zero-order valence-corrected chi connectivity index (χ0v) is 11.3. The number of hydrogen-bond donors (Lipinski definition) is 0. The monoisotopic (exact) mass is 284 g/mol. The second-order valence-electron chi connectivity index (χ2n) is 3.98. The van der Waals surface area contributed by atoms with E-state index in [1.807, 2.05) is 0 Å². The molecule has 1 heterocycles. The summed E-state index contributed by atoms with van der Waals surface area (Å²) in [7, 11) is 3.32. The van der Waals surface area contributed by atoms with Crippen molar-refractivity contribution in [1.29, 1.82) is 0 Å². The molecule has 0 atom stereocenters. The summed E-state index contributed by atoms with van der Waals surface area (Å²) in [6, 6.07) is 6.42. The maximum absolute atomic E-state index is 12.1. The van der Waals surface area contributed by atoms with Gasteiger partial charge in [-0.05, 0) is 24.3 Å². The molecule has 18 heavy (non-hydrogen) atoms. The van der Waals surface area contributed by atoms with Gasteiger partial charge < -0.3 is 4.90 Å². The molecule has 1 aromatic rings. The molecule has 0 aromatic heterocycles. The SMILES string of the molecule is CN(C)C1=C(Cl)C(=O)N(c2ccc(Cl)cc2)C1=O. The molecule has 0 spiro atoms. The Hall–Kier alpha value is -1.52. The molecule has 6 heteroatoms. The average Bonchev–Trinajstić information content (AvgIpc) is 2.52. The second-order valence-corrected chi connectivity index (χ2v) is 4.79. The molecule has 0 radical (unpaired) electrons. The number of halogens is 2. The summed E-state index contributed by atoms with van der Waals surface area (Å²) < 4.78 is 0. The lowest BCUT2D eigenvalue weighted by Gasteiger charge is -2.17. The number of benzene rings is 1. The van der Waals surface area contributed by atoms with Crippen LogP contribution in [0.5, 0.6) is 0 Å². The van der Waals surface area contributed by atoms with E-state index in [9.17, 15) is 9.59 Å². The molecule has 0 aliphatic carbocycles. The van der Waals surface area contributed by atoms with Crippen LogP contribution in [0.2, 0.25) is 5.02 Å². The van der Waals surface area contributed by atoms with Crippen LogP contribution in [0.1, 0.15) is 0 Å². The first-order valence-electron chi connectivity index (χ1n) is 5.15. The number of nitrogens with zero attached hydrogens (tertiary/aromatic N) is 2. The van der Waals surface area contributed by atoms with Crippen molar-refractivity contribution in [3.8, 4) is 0 Å². The molecule has 0 unspecified atom stereocenters. The highest BCUT2D eigenvalue weighted by Gasteiger charge is 2.39. The minimum absolute atomic E-state index is 0.0695.